The Hall–Kier alpha value is -1.09. The average Bonchev–Trinajstić information content (AvgIpc) is 2.63. The van der Waals surface area contributed by atoms with Crippen LogP contribution in [0.5, 0.6) is 11.5 Å². The van der Waals surface area contributed by atoms with E-state index in [1.807, 2.05) is 24.3 Å². The predicted octanol–water partition coefficient (Wildman–Crippen LogP) is 3.34. The molecule has 1 heterocycles. The summed E-state index contributed by atoms with van der Waals surface area (Å²) in [6.07, 6.45) is 3.20. The molecular formula is C19H28BrCl2N3O3. The van der Waals surface area contributed by atoms with Crippen LogP contribution in [0.1, 0.15) is 18.1 Å². The second-order valence-electron chi connectivity index (χ2n) is 5.99. The number of methoxy groups -OCH3 is 1. The van der Waals surface area contributed by atoms with Crippen molar-refractivity contribution in [1.82, 2.24) is 15.6 Å². The van der Waals surface area contributed by atoms with Crippen molar-refractivity contribution in [3.05, 3.63) is 52.3 Å². The topological polar surface area (TPSA) is 75.6 Å². The lowest BCUT2D eigenvalue weighted by Gasteiger charge is -2.15. The van der Waals surface area contributed by atoms with Crippen LogP contribution in [0.4, 0.5) is 0 Å². The molecule has 0 saturated heterocycles. The smallest absolute Gasteiger partial charge is 0.175 e. The summed E-state index contributed by atoms with van der Waals surface area (Å²) in [6.45, 7) is 5.12. The largest absolute Gasteiger partial charge is 0.493 e. The van der Waals surface area contributed by atoms with Crippen molar-refractivity contribution < 1.29 is 14.6 Å². The minimum atomic E-state index is -0.325. The van der Waals surface area contributed by atoms with Crippen molar-refractivity contribution >= 4 is 40.7 Å². The lowest BCUT2D eigenvalue weighted by molar-refractivity contribution is 0.191. The summed E-state index contributed by atoms with van der Waals surface area (Å²) in [5.74, 6) is 1.37. The Balaban J connectivity index is 0.00000364. The Morgan fingerprint density at radius 3 is 2.57 bits per heavy atom. The van der Waals surface area contributed by atoms with Crippen LogP contribution in [0.25, 0.3) is 0 Å². The Labute approximate surface area is 187 Å². The maximum absolute atomic E-state index is 9.20. The van der Waals surface area contributed by atoms with Crippen LogP contribution in [0.2, 0.25) is 0 Å². The van der Waals surface area contributed by atoms with E-state index in [1.165, 1.54) is 0 Å². The van der Waals surface area contributed by atoms with Gasteiger partial charge in [0.25, 0.3) is 0 Å². The first kappa shape index (κ1) is 26.9. The van der Waals surface area contributed by atoms with Crippen LogP contribution in [0, 0.1) is 0 Å². The lowest BCUT2D eigenvalue weighted by atomic mass is 10.2. The molecule has 158 valence electrons. The van der Waals surface area contributed by atoms with Crippen LogP contribution in [0.3, 0.4) is 0 Å². The summed E-state index contributed by atoms with van der Waals surface area (Å²) in [6, 6.07) is 7.85. The maximum Gasteiger partial charge on any atom is 0.175 e. The number of pyridine rings is 1. The number of aromatic nitrogens is 1. The Morgan fingerprint density at radius 2 is 1.93 bits per heavy atom. The highest BCUT2D eigenvalue weighted by molar-refractivity contribution is 9.10. The minimum Gasteiger partial charge on any atom is -0.493 e. The van der Waals surface area contributed by atoms with Crippen LogP contribution in [-0.4, -0.2) is 42.9 Å². The number of rotatable bonds is 11. The molecule has 1 atom stereocenters. The number of benzene rings is 1. The van der Waals surface area contributed by atoms with E-state index in [0.29, 0.717) is 31.2 Å². The highest BCUT2D eigenvalue weighted by Crippen LogP contribution is 2.37. The zero-order chi connectivity index (χ0) is 18.8. The van der Waals surface area contributed by atoms with Gasteiger partial charge in [-0.1, -0.05) is 6.07 Å². The Bertz CT molecular complexity index is 679. The number of hydrogen-bond donors (Lipinski definition) is 3. The number of halogens is 3. The standard InChI is InChI=1S/C19H26BrN3O3.2ClH/c1-14(24)10-22-6-7-23-12-16-8-17(20)19(18(9-16)25-2)26-13-15-4-3-5-21-11-15;;/h3-5,8-9,11,14,22-24H,6-7,10,12-13H2,1-2H3;2*1H. The van der Waals surface area contributed by atoms with E-state index in [0.717, 1.165) is 28.7 Å². The first-order valence-corrected chi connectivity index (χ1v) is 9.37. The van der Waals surface area contributed by atoms with Gasteiger partial charge in [-0.15, -0.1) is 24.8 Å². The van der Waals surface area contributed by atoms with Gasteiger partial charge in [0.15, 0.2) is 11.5 Å². The molecule has 6 nitrogen and oxygen atoms in total. The molecule has 2 rings (SSSR count). The molecule has 0 amide bonds. The van der Waals surface area contributed by atoms with E-state index >= 15 is 0 Å². The third-order valence-electron chi connectivity index (χ3n) is 3.64. The van der Waals surface area contributed by atoms with Crippen LogP contribution >= 0.6 is 40.7 Å². The first-order chi connectivity index (χ1) is 12.6. The zero-order valence-corrected chi connectivity index (χ0v) is 19.2. The number of hydrogen-bond acceptors (Lipinski definition) is 6. The molecule has 1 unspecified atom stereocenters. The molecule has 0 radical (unpaired) electrons. The van der Waals surface area contributed by atoms with E-state index in [2.05, 4.69) is 31.5 Å². The molecule has 0 fully saturated rings. The number of ether oxygens (including phenoxy) is 2. The lowest BCUT2D eigenvalue weighted by Crippen LogP contribution is -2.31. The van der Waals surface area contributed by atoms with Crippen LogP contribution in [-0.2, 0) is 13.2 Å². The maximum atomic E-state index is 9.20. The quantitative estimate of drug-likeness (QED) is 0.414. The molecule has 28 heavy (non-hydrogen) atoms. The van der Waals surface area contributed by atoms with E-state index in [-0.39, 0.29) is 30.9 Å². The van der Waals surface area contributed by atoms with Gasteiger partial charge in [-0.2, -0.15) is 0 Å². The third-order valence-corrected chi connectivity index (χ3v) is 4.23. The number of aliphatic hydroxyl groups is 1. The SMILES string of the molecule is COc1cc(CNCCNCC(C)O)cc(Br)c1OCc1cccnc1.Cl.Cl. The molecule has 0 aliphatic rings. The molecule has 0 bridgehead atoms. The molecule has 0 saturated carbocycles. The van der Waals surface area contributed by atoms with E-state index in [1.54, 1.807) is 26.4 Å². The Morgan fingerprint density at radius 1 is 1.18 bits per heavy atom. The molecule has 3 N–H and O–H groups in total. The van der Waals surface area contributed by atoms with Crippen molar-refractivity contribution in [2.24, 2.45) is 0 Å². The van der Waals surface area contributed by atoms with Crippen molar-refractivity contribution in [2.75, 3.05) is 26.7 Å². The van der Waals surface area contributed by atoms with Gasteiger partial charge in [0, 0.05) is 44.1 Å². The monoisotopic (exact) mass is 495 g/mol. The molecule has 1 aromatic carbocycles. The fraction of sp³-hybridized carbons (Fsp3) is 0.421. The highest BCUT2D eigenvalue weighted by Gasteiger charge is 2.12. The van der Waals surface area contributed by atoms with Gasteiger partial charge < -0.3 is 25.2 Å². The summed E-state index contributed by atoms with van der Waals surface area (Å²) in [4.78, 5) is 4.09. The molecule has 0 aliphatic heterocycles. The molecular weight excluding hydrogens is 469 g/mol. The average molecular weight is 497 g/mol. The molecule has 2 aromatic rings. The van der Waals surface area contributed by atoms with Crippen molar-refractivity contribution in [2.45, 2.75) is 26.2 Å². The van der Waals surface area contributed by atoms with Gasteiger partial charge in [0.1, 0.15) is 6.61 Å². The fourth-order valence-electron chi connectivity index (χ4n) is 2.37. The second kappa shape index (κ2) is 14.8. The van der Waals surface area contributed by atoms with E-state index < -0.39 is 0 Å². The minimum absolute atomic E-state index is 0. The predicted molar refractivity (Wildman–Crippen MR) is 120 cm³/mol. The normalized spacial score (nSPS) is 11.1. The fourth-order valence-corrected chi connectivity index (χ4v) is 2.98. The third kappa shape index (κ3) is 9.41. The van der Waals surface area contributed by atoms with Gasteiger partial charge in [-0.25, -0.2) is 0 Å². The van der Waals surface area contributed by atoms with Crippen molar-refractivity contribution in [1.29, 1.82) is 0 Å². The van der Waals surface area contributed by atoms with E-state index in [9.17, 15) is 5.11 Å². The molecule has 0 aliphatic carbocycles. The molecule has 1 aromatic heterocycles. The first-order valence-electron chi connectivity index (χ1n) is 8.57. The van der Waals surface area contributed by atoms with Crippen LogP contribution < -0.4 is 20.1 Å². The summed E-state index contributed by atoms with van der Waals surface area (Å²) < 4.78 is 12.3. The summed E-state index contributed by atoms with van der Waals surface area (Å²) in [5.41, 5.74) is 2.09. The summed E-state index contributed by atoms with van der Waals surface area (Å²) in [7, 11) is 1.63. The second-order valence-corrected chi connectivity index (χ2v) is 6.84. The van der Waals surface area contributed by atoms with Gasteiger partial charge in [-0.3, -0.25) is 4.98 Å². The zero-order valence-electron chi connectivity index (χ0n) is 16.0. The number of nitrogens with one attached hydrogen (secondary N) is 2. The van der Waals surface area contributed by atoms with Crippen LogP contribution in [0.15, 0.2) is 41.1 Å². The van der Waals surface area contributed by atoms with Gasteiger partial charge in [-0.05, 0) is 46.6 Å². The molecule has 9 heteroatoms. The highest BCUT2D eigenvalue weighted by atomic mass is 79.9. The summed E-state index contributed by atoms with van der Waals surface area (Å²) in [5, 5.41) is 15.7. The summed E-state index contributed by atoms with van der Waals surface area (Å²) >= 11 is 3.57. The van der Waals surface area contributed by atoms with Gasteiger partial charge >= 0.3 is 0 Å². The van der Waals surface area contributed by atoms with Gasteiger partial charge in [0.2, 0.25) is 0 Å². The Kier molecular flexibility index (Phi) is 14.3. The molecule has 0 spiro atoms. The van der Waals surface area contributed by atoms with E-state index in [4.69, 9.17) is 9.47 Å². The number of nitrogens with zero attached hydrogens (tertiary/aromatic N) is 1. The van der Waals surface area contributed by atoms with Gasteiger partial charge in [0.05, 0.1) is 17.7 Å². The van der Waals surface area contributed by atoms with Crippen molar-refractivity contribution in [3.8, 4) is 11.5 Å². The van der Waals surface area contributed by atoms with Crippen molar-refractivity contribution in [3.63, 3.8) is 0 Å². The number of aliphatic hydroxyl groups excluding tert-OH is 1.